The second-order valence-electron chi connectivity index (χ2n) is 4.98. The first kappa shape index (κ1) is 16.9. The van der Waals surface area contributed by atoms with Gasteiger partial charge in [-0.05, 0) is 47.9 Å². The van der Waals surface area contributed by atoms with Gasteiger partial charge in [0, 0.05) is 25.4 Å². The zero-order chi connectivity index (χ0) is 16.9. The molecule has 2 rings (SSSR count). The lowest BCUT2D eigenvalue weighted by molar-refractivity contribution is -0.137. The van der Waals surface area contributed by atoms with E-state index < -0.39 is 17.6 Å². The average molecular weight is 326 g/mol. The lowest BCUT2D eigenvalue weighted by Gasteiger charge is -2.10. The summed E-state index contributed by atoms with van der Waals surface area (Å²) < 4.78 is 51.0. The Morgan fingerprint density at radius 3 is 2.43 bits per heavy atom. The number of nitrogens with one attached hydrogen (secondary N) is 1. The van der Waals surface area contributed by atoms with Gasteiger partial charge in [0.1, 0.15) is 5.82 Å². The summed E-state index contributed by atoms with van der Waals surface area (Å²) in [6, 6.07) is 5.77. The fraction of sp³-hybridized carbons (Fsp3) is 0.250. The summed E-state index contributed by atoms with van der Waals surface area (Å²) in [5.74, 6) is -1.31. The Hall–Kier alpha value is -2.44. The normalized spacial score (nSPS) is 11.3. The Balaban J connectivity index is 1.90. The first-order chi connectivity index (χ1) is 10.8. The van der Waals surface area contributed by atoms with Gasteiger partial charge in [-0.25, -0.2) is 4.39 Å². The molecule has 1 amide bonds. The number of amides is 1. The van der Waals surface area contributed by atoms with E-state index in [0.29, 0.717) is 12.5 Å². The van der Waals surface area contributed by atoms with E-state index in [1.807, 2.05) is 0 Å². The Labute approximate surface area is 130 Å². The van der Waals surface area contributed by atoms with Crippen LogP contribution in [0.1, 0.15) is 23.1 Å². The quantitative estimate of drug-likeness (QED) is 0.855. The molecule has 0 unspecified atom stereocenters. The molecule has 122 valence electrons. The summed E-state index contributed by atoms with van der Waals surface area (Å²) in [6.45, 7) is -0.157. The van der Waals surface area contributed by atoms with E-state index in [2.05, 4.69) is 10.3 Å². The van der Waals surface area contributed by atoms with Crippen LogP contribution in [-0.4, -0.2) is 10.9 Å². The largest absolute Gasteiger partial charge is 0.416 e. The molecule has 2 aromatic rings. The van der Waals surface area contributed by atoms with Crippen molar-refractivity contribution < 1.29 is 22.4 Å². The van der Waals surface area contributed by atoms with E-state index in [0.717, 1.165) is 17.7 Å². The Kier molecular flexibility index (Phi) is 5.31. The predicted molar refractivity (Wildman–Crippen MR) is 75.8 cm³/mol. The second kappa shape index (κ2) is 7.21. The van der Waals surface area contributed by atoms with Crippen LogP contribution in [0, 0.1) is 5.82 Å². The number of hydrogen-bond acceptors (Lipinski definition) is 2. The van der Waals surface area contributed by atoms with Crippen molar-refractivity contribution in [2.45, 2.75) is 25.6 Å². The number of nitrogens with zero attached hydrogens (tertiary/aromatic N) is 1. The number of rotatable bonds is 5. The Morgan fingerprint density at radius 2 is 1.78 bits per heavy atom. The van der Waals surface area contributed by atoms with Crippen molar-refractivity contribution in [1.29, 1.82) is 0 Å². The number of aryl methyl sites for hydroxylation is 1. The van der Waals surface area contributed by atoms with Crippen LogP contribution in [0.25, 0.3) is 0 Å². The van der Waals surface area contributed by atoms with Gasteiger partial charge in [0.05, 0.1) is 5.56 Å². The molecule has 1 heterocycles. The van der Waals surface area contributed by atoms with Crippen molar-refractivity contribution in [3.63, 3.8) is 0 Å². The highest BCUT2D eigenvalue weighted by molar-refractivity contribution is 5.76. The monoisotopic (exact) mass is 326 g/mol. The van der Waals surface area contributed by atoms with Gasteiger partial charge in [0.2, 0.25) is 5.91 Å². The molecule has 0 atom stereocenters. The molecule has 0 bridgehead atoms. The highest BCUT2D eigenvalue weighted by Crippen LogP contribution is 2.30. The van der Waals surface area contributed by atoms with Crippen LogP contribution in [0.3, 0.4) is 0 Å². The molecule has 0 radical (unpaired) electrons. The molecular formula is C16H14F4N2O. The molecule has 0 aliphatic heterocycles. The van der Waals surface area contributed by atoms with Crippen molar-refractivity contribution in [2.24, 2.45) is 0 Å². The van der Waals surface area contributed by atoms with Crippen LogP contribution in [-0.2, 0) is 23.9 Å². The maximum absolute atomic E-state index is 13.2. The minimum atomic E-state index is -4.62. The molecule has 1 N–H and O–H groups in total. The maximum Gasteiger partial charge on any atom is 0.416 e. The molecule has 23 heavy (non-hydrogen) atoms. The van der Waals surface area contributed by atoms with Crippen LogP contribution in [0.4, 0.5) is 17.6 Å². The molecule has 3 nitrogen and oxygen atoms in total. The SMILES string of the molecule is O=C(CCc1ccncc1)NCc1cc(F)cc(C(F)(F)F)c1. The summed E-state index contributed by atoms with van der Waals surface area (Å²) in [5, 5.41) is 2.49. The van der Waals surface area contributed by atoms with Crippen molar-refractivity contribution in [1.82, 2.24) is 10.3 Å². The minimum Gasteiger partial charge on any atom is -0.352 e. The lowest BCUT2D eigenvalue weighted by Crippen LogP contribution is -2.23. The van der Waals surface area contributed by atoms with Gasteiger partial charge in [-0.1, -0.05) is 0 Å². The molecular weight excluding hydrogens is 312 g/mol. The van der Waals surface area contributed by atoms with Gasteiger partial charge >= 0.3 is 6.18 Å². The molecule has 0 saturated heterocycles. The van der Waals surface area contributed by atoms with Crippen molar-refractivity contribution in [3.8, 4) is 0 Å². The number of aromatic nitrogens is 1. The van der Waals surface area contributed by atoms with Gasteiger partial charge in [0.15, 0.2) is 0 Å². The molecule has 1 aromatic carbocycles. The van der Waals surface area contributed by atoms with Gasteiger partial charge in [-0.15, -0.1) is 0 Å². The zero-order valence-electron chi connectivity index (χ0n) is 12.0. The summed E-state index contributed by atoms with van der Waals surface area (Å²) in [5.41, 5.74) is -0.0756. The Bertz CT molecular complexity index is 672. The zero-order valence-corrected chi connectivity index (χ0v) is 12.0. The molecule has 0 aliphatic rings. The lowest BCUT2D eigenvalue weighted by atomic mass is 10.1. The van der Waals surface area contributed by atoms with E-state index in [9.17, 15) is 22.4 Å². The molecule has 0 saturated carbocycles. The van der Waals surface area contributed by atoms with Crippen molar-refractivity contribution in [3.05, 3.63) is 65.2 Å². The van der Waals surface area contributed by atoms with E-state index >= 15 is 0 Å². The van der Waals surface area contributed by atoms with Gasteiger partial charge < -0.3 is 5.32 Å². The number of pyridine rings is 1. The van der Waals surface area contributed by atoms with Gasteiger partial charge in [0.25, 0.3) is 0 Å². The third-order valence-corrected chi connectivity index (χ3v) is 3.16. The van der Waals surface area contributed by atoms with E-state index in [-0.39, 0.29) is 24.4 Å². The third kappa shape index (κ3) is 5.36. The van der Waals surface area contributed by atoms with E-state index in [1.165, 1.54) is 0 Å². The molecule has 0 aliphatic carbocycles. The van der Waals surface area contributed by atoms with Crippen LogP contribution in [0.15, 0.2) is 42.7 Å². The topological polar surface area (TPSA) is 42.0 Å². The van der Waals surface area contributed by atoms with Crippen molar-refractivity contribution >= 4 is 5.91 Å². The second-order valence-corrected chi connectivity index (χ2v) is 4.98. The van der Waals surface area contributed by atoms with Crippen molar-refractivity contribution in [2.75, 3.05) is 0 Å². The van der Waals surface area contributed by atoms with E-state index in [1.54, 1.807) is 24.5 Å². The predicted octanol–water partition coefficient (Wildman–Crippen LogP) is 3.49. The highest BCUT2D eigenvalue weighted by atomic mass is 19.4. The third-order valence-electron chi connectivity index (χ3n) is 3.16. The fourth-order valence-electron chi connectivity index (χ4n) is 2.01. The first-order valence-corrected chi connectivity index (χ1v) is 6.87. The smallest absolute Gasteiger partial charge is 0.352 e. The summed E-state index contributed by atoms with van der Waals surface area (Å²) in [4.78, 5) is 15.6. The summed E-state index contributed by atoms with van der Waals surface area (Å²) in [6.07, 6.45) is -0.726. The first-order valence-electron chi connectivity index (χ1n) is 6.87. The number of carbonyl (C=O) groups is 1. The van der Waals surface area contributed by atoms with E-state index in [4.69, 9.17) is 0 Å². The molecule has 0 fully saturated rings. The van der Waals surface area contributed by atoms with Crippen LogP contribution in [0.2, 0.25) is 0 Å². The average Bonchev–Trinajstić information content (AvgIpc) is 2.50. The number of carbonyl (C=O) groups excluding carboxylic acids is 1. The molecule has 1 aromatic heterocycles. The molecule has 0 spiro atoms. The summed E-state index contributed by atoms with van der Waals surface area (Å²) in [7, 11) is 0. The van der Waals surface area contributed by atoms with Gasteiger partial charge in [-0.3, -0.25) is 9.78 Å². The standard InChI is InChI=1S/C16H14F4N2O/c17-14-8-12(7-13(9-14)16(18,19)20)10-22-15(23)2-1-11-3-5-21-6-4-11/h3-9H,1-2,10H2,(H,22,23). The summed E-state index contributed by atoms with van der Waals surface area (Å²) >= 11 is 0. The fourth-order valence-corrected chi connectivity index (χ4v) is 2.01. The van der Waals surface area contributed by atoms with Gasteiger partial charge in [-0.2, -0.15) is 13.2 Å². The van der Waals surface area contributed by atoms with Crippen LogP contribution >= 0.6 is 0 Å². The number of alkyl halides is 3. The minimum absolute atomic E-state index is 0.0644. The highest BCUT2D eigenvalue weighted by Gasteiger charge is 2.31. The maximum atomic E-state index is 13.2. The number of benzene rings is 1. The van der Waals surface area contributed by atoms with Crippen LogP contribution in [0.5, 0.6) is 0 Å². The molecule has 7 heteroatoms. The Morgan fingerprint density at radius 1 is 1.09 bits per heavy atom. The number of hydrogen-bond donors (Lipinski definition) is 1. The number of halogens is 4. The van der Waals surface area contributed by atoms with Crippen LogP contribution < -0.4 is 5.32 Å².